The molecule has 1 N–H and O–H groups in total. The lowest BCUT2D eigenvalue weighted by atomic mass is 9.91. The monoisotopic (exact) mass is 270 g/mol. The molecule has 0 bridgehead atoms. The SMILES string of the molecule is CCCCCCCC(CCC)CCCCCC(=O)O. The molecule has 0 saturated carbocycles. The molecule has 1 atom stereocenters. The van der Waals surface area contributed by atoms with Gasteiger partial charge in [-0.15, -0.1) is 0 Å². The third-order valence-electron chi connectivity index (χ3n) is 3.92. The molecule has 0 rings (SSSR count). The first-order valence-electron chi connectivity index (χ1n) is 8.42. The van der Waals surface area contributed by atoms with Crippen molar-refractivity contribution in [3.05, 3.63) is 0 Å². The van der Waals surface area contributed by atoms with E-state index in [9.17, 15) is 4.79 Å². The predicted octanol–water partition coefficient (Wildman–Crippen LogP) is 5.80. The van der Waals surface area contributed by atoms with Gasteiger partial charge in [0.2, 0.25) is 0 Å². The second-order valence-corrected chi connectivity index (χ2v) is 5.85. The molecule has 0 aromatic rings. The largest absolute Gasteiger partial charge is 0.481 e. The van der Waals surface area contributed by atoms with E-state index in [1.807, 2.05) is 0 Å². The highest BCUT2D eigenvalue weighted by atomic mass is 16.4. The van der Waals surface area contributed by atoms with Crippen molar-refractivity contribution in [3.63, 3.8) is 0 Å². The normalized spacial score (nSPS) is 12.5. The molecule has 2 nitrogen and oxygen atoms in total. The number of hydrogen-bond donors (Lipinski definition) is 1. The summed E-state index contributed by atoms with van der Waals surface area (Å²) in [5.41, 5.74) is 0. The summed E-state index contributed by atoms with van der Waals surface area (Å²) in [7, 11) is 0. The van der Waals surface area contributed by atoms with Crippen LogP contribution in [0.5, 0.6) is 0 Å². The van der Waals surface area contributed by atoms with Gasteiger partial charge in [0.1, 0.15) is 0 Å². The van der Waals surface area contributed by atoms with E-state index in [0.29, 0.717) is 6.42 Å². The summed E-state index contributed by atoms with van der Waals surface area (Å²) in [6, 6.07) is 0. The molecule has 0 aromatic carbocycles. The van der Waals surface area contributed by atoms with E-state index in [1.165, 1.54) is 64.2 Å². The molecular formula is C17H34O2. The minimum atomic E-state index is -0.652. The fraction of sp³-hybridized carbons (Fsp3) is 0.941. The van der Waals surface area contributed by atoms with E-state index in [1.54, 1.807) is 0 Å². The van der Waals surface area contributed by atoms with Crippen molar-refractivity contribution < 1.29 is 9.90 Å². The molecule has 0 spiro atoms. The number of carboxylic acid groups (broad SMARTS) is 1. The minimum Gasteiger partial charge on any atom is -0.481 e. The van der Waals surface area contributed by atoms with Crippen molar-refractivity contribution in [2.75, 3.05) is 0 Å². The number of hydrogen-bond acceptors (Lipinski definition) is 1. The van der Waals surface area contributed by atoms with Gasteiger partial charge in [-0.3, -0.25) is 4.79 Å². The van der Waals surface area contributed by atoms with Gasteiger partial charge >= 0.3 is 5.97 Å². The van der Waals surface area contributed by atoms with Crippen LogP contribution in [0.1, 0.15) is 97.3 Å². The van der Waals surface area contributed by atoms with Crippen LogP contribution in [-0.2, 0) is 4.79 Å². The standard InChI is InChI=1S/C17H34O2/c1-3-5-6-7-9-13-16(12-4-2)14-10-8-11-15-17(18)19/h16H,3-15H2,1-2H3,(H,18,19). The average molecular weight is 270 g/mol. The lowest BCUT2D eigenvalue weighted by Gasteiger charge is -2.15. The first-order valence-corrected chi connectivity index (χ1v) is 8.42. The molecule has 0 amide bonds. The Morgan fingerprint density at radius 3 is 1.89 bits per heavy atom. The molecule has 19 heavy (non-hydrogen) atoms. The number of carboxylic acids is 1. The molecule has 1 unspecified atom stereocenters. The van der Waals surface area contributed by atoms with Crippen LogP contribution in [0.3, 0.4) is 0 Å². The van der Waals surface area contributed by atoms with Gasteiger partial charge in [0, 0.05) is 6.42 Å². The Hall–Kier alpha value is -0.530. The Morgan fingerprint density at radius 2 is 1.37 bits per heavy atom. The number of unbranched alkanes of at least 4 members (excludes halogenated alkanes) is 6. The first-order chi connectivity index (χ1) is 9.20. The Balaban J connectivity index is 3.53. The molecule has 0 aliphatic heterocycles. The summed E-state index contributed by atoms with van der Waals surface area (Å²) < 4.78 is 0. The topological polar surface area (TPSA) is 37.3 Å². The number of aliphatic carboxylic acids is 1. The summed E-state index contributed by atoms with van der Waals surface area (Å²) in [5.74, 6) is 0.234. The summed E-state index contributed by atoms with van der Waals surface area (Å²) in [6.07, 6.45) is 15.7. The van der Waals surface area contributed by atoms with Crippen LogP contribution in [0, 0.1) is 5.92 Å². The molecule has 0 aliphatic carbocycles. The van der Waals surface area contributed by atoms with E-state index >= 15 is 0 Å². The third-order valence-corrected chi connectivity index (χ3v) is 3.92. The quantitative estimate of drug-likeness (QED) is 0.405. The Kier molecular flexibility index (Phi) is 13.5. The van der Waals surface area contributed by atoms with Crippen molar-refractivity contribution in [1.29, 1.82) is 0 Å². The van der Waals surface area contributed by atoms with Crippen molar-refractivity contribution in [2.24, 2.45) is 5.92 Å². The third kappa shape index (κ3) is 13.7. The maximum atomic E-state index is 10.4. The highest BCUT2D eigenvalue weighted by Crippen LogP contribution is 2.22. The van der Waals surface area contributed by atoms with Crippen molar-refractivity contribution in [2.45, 2.75) is 97.3 Å². The van der Waals surface area contributed by atoms with E-state index < -0.39 is 5.97 Å². The van der Waals surface area contributed by atoms with Crippen LogP contribution in [0.15, 0.2) is 0 Å². The maximum absolute atomic E-state index is 10.4. The van der Waals surface area contributed by atoms with Crippen molar-refractivity contribution >= 4 is 5.97 Å². The van der Waals surface area contributed by atoms with Gasteiger partial charge in [-0.1, -0.05) is 84.5 Å². The number of rotatable bonds is 14. The maximum Gasteiger partial charge on any atom is 0.303 e. The van der Waals surface area contributed by atoms with Crippen LogP contribution in [0.2, 0.25) is 0 Å². The van der Waals surface area contributed by atoms with Crippen LogP contribution in [-0.4, -0.2) is 11.1 Å². The molecule has 0 radical (unpaired) electrons. The summed E-state index contributed by atoms with van der Waals surface area (Å²) in [6.45, 7) is 4.53. The molecule has 2 heteroatoms. The van der Waals surface area contributed by atoms with Crippen LogP contribution in [0.25, 0.3) is 0 Å². The zero-order valence-corrected chi connectivity index (χ0v) is 13.1. The zero-order chi connectivity index (χ0) is 14.3. The molecule has 0 aromatic heterocycles. The molecular weight excluding hydrogens is 236 g/mol. The zero-order valence-electron chi connectivity index (χ0n) is 13.1. The van der Waals surface area contributed by atoms with Gasteiger partial charge in [-0.05, 0) is 12.3 Å². The number of carbonyl (C=O) groups is 1. The van der Waals surface area contributed by atoms with E-state index in [4.69, 9.17) is 5.11 Å². The average Bonchev–Trinajstić information content (AvgIpc) is 2.37. The Morgan fingerprint density at radius 1 is 0.789 bits per heavy atom. The predicted molar refractivity (Wildman–Crippen MR) is 82.5 cm³/mol. The first kappa shape index (κ1) is 18.5. The highest BCUT2D eigenvalue weighted by molar-refractivity contribution is 5.66. The van der Waals surface area contributed by atoms with Crippen molar-refractivity contribution in [1.82, 2.24) is 0 Å². The summed E-state index contributed by atoms with van der Waals surface area (Å²) in [5, 5.41) is 8.59. The smallest absolute Gasteiger partial charge is 0.303 e. The second kappa shape index (κ2) is 13.9. The molecule has 0 aliphatic rings. The Bertz CT molecular complexity index is 201. The van der Waals surface area contributed by atoms with Gasteiger partial charge in [-0.2, -0.15) is 0 Å². The van der Waals surface area contributed by atoms with E-state index in [-0.39, 0.29) is 0 Å². The van der Waals surface area contributed by atoms with Gasteiger partial charge < -0.3 is 5.11 Å². The van der Waals surface area contributed by atoms with Gasteiger partial charge in [0.25, 0.3) is 0 Å². The minimum absolute atomic E-state index is 0.343. The summed E-state index contributed by atoms with van der Waals surface area (Å²) in [4.78, 5) is 10.4. The summed E-state index contributed by atoms with van der Waals surface area (Å²) >= 11 is 0. The van der Waals surface area contributed by atoms with Gasteiger partial charge in [0.05, 0.1) is 0 Å². The van der Waals surface area contributed by atoms with E-state index in [2.05, 4.69) is 13.8 Å². The van der Waals surface area contributed by atoms with Crippen LogP contribution < -0.4 is 0 Å². The van der Waals surface area contributed by atoms with Crippen molar-refractivity contribution in [3.8, 4) is 0 Å². The highest BCUT2D eigenvalue weighted by Gasteiger charge is 2.07. The fourth-order valence-corrected chi connectivity index (χ4v) is 2.76. The van der Waals surface area contributed by atoms with Crippen LogP contribution >= 0.6 is 0 Å². The lowest BCUT2D eigenvalue weighted by Crippen LogP contribution is -2.01. The van der Waals surface area contributed by atoms with E-state index in [0.717, 1.165) is 18.8 Å². The Labute approximate surface area is 120 Å². The molecule has 114 valence electrons. The van der Waals surface area contributed by atoms with Gasteiger partial charge in [-0.25, -0.2) is 0 Å². The van der Waals surface area contributed by atoms with Gasteiger partial charge in [0.15, 0.2) is 0 Å². The molecule has 0 fully saturated rings. The molecule has 0 saturated heterocycles. The second-order valence-electron chi connectivity index (χ2n) is 5.85. The molecule has 0 heterocycles. The van der Waals surface area contributed by atoms with Crippen LogP contribution in [0.4, 0.5) is 0 Å². The fourth-order valence-electron chi connectivity index (χ4n) is 2.76. The lowest BCUT2D eigenvalue weighted by molar-refractivity contribution is -0.137.